The van der Waals surface area contributed by atoms with Crippen LogP contribution in [0.2, 0.25) is 0 Å². The van der Waals surface area contributed by atoms with E-state index in [1.165, 1.54) is 0 Å². The van der Waals surface area contributed by atoms with Crippen molar-refractivity contribution in [3.05, 3.63) is 35.4 Å². The van der Waals surface area contributed by atoms with Gasteiger partial charge in [-0.3, -0.25) is 0 Å². The number of halogens is 4. The van der Waals surface area contributed by atoms with Crippen molar-refractivity contribution in [2.45, 2.75) is 17.9 Å². The Morgan fingerprint density at radius 3 is 2.59 bits per heavy atom. The average Bonchev–Trinajstić information content (AvgIpc) is 2.27. The maximum atomic E-state index is 11.8. The monoisotopic (exact) mass is 283 g/mol. The molecule has 0 saturated heterocycles. The highest BCUT2D eigenvalue weighted by atomic mass is 35.5. The van der Waals surface area contributed by atoms with Gasteiger partial charge in [0.1, 0.15) is 0 Å². The van der Waals surface area contributed by atoms with Gasteiger partial charge in [0.05, 0.1) is 0 Å². The van der Waals surface area contributed by atoms with E-state index in [-0.39, 0.29) is 17.5 Å². The molecule has 0 aliphatic heterocycles. The van der Waals surface area contributed by atoms with Crippen LogP contribution in [0.1, 0.15) is 11.1 Å². The molecule has 0 bridgehead atoms. The van der Waals surface area contributed by atoms with Gasteiger partial charge in [0.15, 0.2) is 0 Å². The SMILES string of the molecule is FC(F)(F)SCCNCc1cccc(CCl)c1. The van der Waals surface area contributed by atoms with Crippen LogP contribution in [0.3, 0.4) is 0 Å². The fraction of sp³-hybridized carbons (Fsp3) is 0.455. The molecule has 96 valence electrons. The van der Waals surface area contributed by atoms with E-state index >= 15 is 0 Å². The van der Waals surface area contributed by atoms with E-state index in [2.05, 4.69) is 5.32 Å². The van der Waals surface area contributed by atoms with Gasteiger partial charge in [0.2, 0.25) is 0 Å². The fourth-order valence-electron chi connectivity index (χ4n) is 1.29. The molecule has 0 aliphatic carbocycles. The molecule has 0 spiro atoms. The summed E-state index contributed by atoms with van der Waals surface area (Å²) < 4.78 is 35.5. The predicted molar refractivity (Wildman–Crippen MR) is 66.2 cm³/mol. The van der Waals surface area contributed by atoms with Crippen molar-refractivity contribution in [2.24, 2.45) is 0 Å². The molecular weight excluding hydrogens is 271 g/mol. The van der Waals surface area contributed by atoms with Gasteiger partial charge in [-0.05, 0) is 22.9 Å². The molecule has 0 amide bonds. The molecule has 0 atom stereocenters. The van der Waals surface area contributed by atoms with Crippen LogP contribution < -0.4 is 5.32 Å². The summed E-state index contributed by atoms with van der Waals surface area (Å²) in [6.45, 7) is 0.887. The zero-order valence-corrected chi connectivity index (χ0v) is 10.6. The molecule has 0 aromatic heterocycles. The van der Waals surface area contributed by atoms with Crippen LogP contribution in [-0.4, -0.2) is 17.8 Å². The molecule has 0 aliphatic rings. The second-order valence-corrected chi connectivity index (χ2v) is 4.85. The zero-order valence-electron chi connectivity index (χ0n) is 9.06. The number of benzene rings is 1. The van der Waals surface area contributed by atoms with Gasteiger partial charge >= 0.3 is 5.51 Å². The van der Waals surface area contributed by atoms with Crippen LogP contribution >= 0.6 is 23.4 Å². The Morgan fingerprint density at radius 2 is 1.94 bits per heavy atom. The lowest BCUT2D eigenvalue weighted by Gasteiger charge is -2.07. The lowest BCUT2D eigenvalue weighted by molar-refractivity contribution is -0.0327. The van der Waals surface area contributed by atoms with Gasteiger partial charge in [-0.25, -0.2) is 0 Å². The maximum absolute atomic E-state index is 11.8. The Hall–Kier alpha value is -0.390. The number of rotatable bonds is 6. The fourth-order valence-corrected chi connectivity index (χ4v) is 1.94. The summed E-state index contributed by atoms with van der Waals surface area (Å²) in [5.74, 6) is 0.469. The summed E-state index contributed by atoms with van der Waals surface area (Å²) in [6, 6.07) is 7.66. The van der Waals surface area contributed by atoms with Crippen LogP contribution in [0, 0.1) is 0 Å². The molecule has 17 heavy (non-hydrogen) atoms. The molecule has 6 heteroatoms. The summed E-state index contributed by atoms with van der Waals surface area (Å²) in [7, 11) is 0. The summed E-state index contributed by atoms with van der Waals surface area (Å²) in [4.78, 5) is 0. The first kappa shape index (κ1) is 14.7. The van der Waals surface area contributed by atoms with Gasteiger partial charge in [-0.2, -0.15) is 13.2 Å². The van der Waals surface area contributed by atoms with Crippen molar-refractivity contribution in [1.82, 2.24) is 5.32 Å². The van der Waals surface area contributed by atoms with E-state index in [4.69, 9.17) is 11.6 Å². The Labute approximate surface area is 108 Å². The average molecular weight is 284 g/mol. The zero-order chi connectivity index (χ0) is 12.7. The number of hydrogen-bond acceptors (Lipinski definition) is 2. The molecule has 1 aromatic carbocycles. The molecule has 0 saturated carbocycles. The molecule has 1 rings (SSSR count). The molecule has 1 nitrogen and oxygen atoms in total. The van der Waals surface area contributed by atoms with Crippen LogP contribution in [0.25, 0.3) is 0 Å². The highest BCUT2D eigenvalue weighted by Gasteiger charge is 2.27. The van der Waals surface area contributed by atoms with Gasteiger partial charge < -0.3 is 5.32 Å². The Morgan fingerprint density at radius 1 is 1.24 bits per heavy atom. The molecule has 0 radical (unpaired) electrons. The third kappa shape index (κ3) is 6.81. The topological polar surface area (TPSA) is 12.0 Å². The molecule has 0 unspecified atom stereocenters. The van der Waals surface area contributed by atoms with Gasteiger partial charge in [0, 0.05) is 24.7 Å². The van der Waals surface area contributed by atoms with Gasteiger partial charge in [-0.15, -0.1) is 11.6 Å². The highest BCUT2D eigenvalue weighted by Crippen LogP contribution is 2.29. The summed E-state index contributed by atoms with van der Waals surface area (Å²) in [5, 5.41) is 2.96. The van der Waals surface area contributed by atoms with Crippen LogP contribution in [0.15, 0.2) is 24.3 Å². The van der Waals surface area contributed by atoms with Crippen molar-refractivity contribution in [1.29, 1.82) is 0 Å². The lowest BCUT2D eigenvalue weighted by atomic mass is 10.1. The largest absolute Gasteiger partial charge is 0.441 e. The van der Waals surface area contributed by atoms with Crippen LogP contribution in [-0.2, 0) is 12.4 Å². The first-order valence-electron chi connectivity index (χ1n) is 5.06. The van der Waals surface area contributed by atoms with Crippen LogP contribution in [0.5, 0.6) is 0 Å². The van der Waals surface area contributed by atoms with Crippen molar-refractivity contribution in [2.75, 3.05) is 12.3 Å². The van der Waals surface area contributed by atoms with E-state index in [9.17, 15) is 13.2 Å². The second-order valence-electron chi connectivity index (χ2n) is 3.42. The number of nitrogens with one attached hydrogen (secondary N) is 1. The molecule has 1 aromatic rings. The Bertz CT molecular complexity index is 344. The lowest BCUT2D eigenvalue weighted by Crippen LogP contribution is -2.18. The highest BCUT2D eigenvalue weighted by molar-refractivity contribution is 8.00. The second kappa shape index (κ2) is 7.13. The van der Waals surface area contributed by atoms with E-state index in [1.54, 1.807) is 0 Å². The standard InChI is InChI=1S/C11H13ClF3NS/c12-7-9-2-1-3-10(6-9)8-16-4-5-17-11(13,14)15/h1-3,6,16H,4-5,7-8H2. The molecule has 0 fully saturated rings. The van der Waals surface area contributed by atoms with Crippen molar-refractivity contribution >= 4 is 23.4 Å². The quantitative estimate of drug-likeness (QED) is 0.630. The predicted octanol–water partition coefficient (Wildman–Crippen LogP) is 3.77. The number of hydrogen-bond donors (Lipinski definition) is 1. The number of thioether (sulfide) groups is 1. The van der Waals surface area contributed by atoms with Crippen LogP contribution in [0.4, 0.5) is 13.2 Å². The third-order valence-corrected chi connectivity index (χ3v) is 3.06. The van der Waals surface area contributed by atoms with Gasteiger partial charge in [-0.1, -0.05) is 24.3 Å². The smallest absolute Gasteiger partial charge is 0.312 e. The maximum Gasteiger partial charge on any atom is 0.441 e. The van der Waals surface area contributed by atoms with Crippen molar-refractivity contribution < 1.29 is 13.2 Å². The minimum atomic E-state index is -4.14. The van der Waals surface area contributed by atoms with E-state index in [1.807, 2.05) is 24.3 Å². The minimum Gasteiger partial charge on any atom is -0.312 e. The third-order valence-electron chi connectivity index (χ3n) is 2.02. The molecular formula is C11H13ClF3NS. The summed E-state index contributed by atoms with van der Waals surface area (Å²) in [5.41, 5.74) is -2.10. The van der Waals surface area contributed by atoms with Crippen molar-refractivity contribution in [3.8, 4) is 0 Å². The normalized spacial score (nSPS) is 11.8. The number of alkyl halides is 4. The molecule has 0 heterocycles. The van der Waals surface area contributed by atoms with E-state index in [0.717, 1.165) is 11.1 Å². The van der Waals surface area contributed by atoms with Crippen molar-refractivity contribution in [3.63, 3.8) is 0 Å². The Kier molecular flexibility index (Phi) is 6.16. The minimum absolute atomic E-state index is 0.00725. The first-order chi connectivity index (χ1) is 8.01. The van der Waals surface area contributed by atoms with E-state index in [0.29, 0.717) is 19.0 Å². The van der Waals surface area contributed by atoms with Gasteiger partial charge in [0.25, 0.3) is 0 Å². The first-order valence-corrected chi connectivity index (χ1v) is 6.58. The summed E-state index contributed by atoms with van der Waals surface area (Å²) in [6.07, 6.45) is 0. The van der Waals surface area contributed by atoms with E-state index < -0.39 is 5.51 Å². The Balaban J connectivity index is 2.22. The summed E-state index contributed by atoms with van der Waals surface area (Å²) >= 11 is 5.68. The molecule has 1 N–H and O–H groups in total.